The molecule has 0 bridgehead atoms. The van der Waals surface area contributed by atoms with E-state index >= 15 is 0 Å². The number of nitrogens with zero attached hydrogens (tertiary/aromatic N) is 3. The van der Waals surface area contributed by atoms with Gasteiger partial charge in [0.05, 0.1) is 12.5 Å². The molecule has 3 rings (SSSR count). The predicted molar refractivity (Wildman–Crippen MR) is 81.0 cm³/mol. The van der Waals surface area contributed by atoms with Gasteiger partial charge in [0.15, 0.2) is 0 Å². The first-order valence-electron chi connectivity index (χ1n) is 7.46. The maximum Gasteiger partial charge on any atom is 0.228 e. The first kappa shape index (κ1) is 14.1. The highest BCUT2D eigenvalue weighted by Crippen LogP contribution is 2.24. The van der Waals surface area contributed by atoms with Crippen LogP contribution in [0.25, 0.3) is 0 Å². The highest BCUT2D eigenvalue weighted by atomic mass is 16.5. The van der Waals surface area contributed by atoms with E-state index in [0.717, 1.165) is 37.4 Å². The van der Waals surface area contributed by atoms with E-state index in [0.29, 0.717) is 19.8 Å². The Kier molecular flexibility index (Phi) is 4.20. The van der Waals surface area contributed by atoms with Crippen molar-refractivity contribution >= 4 is 11.7 Å². The van der Waals surface area contributed by atoms with Gasteiger partial charge in [-0.25, -0.2) is 4.98 Å². The molecule has 21 heavy (non-hydrogen) atoms. The lowest BCUT2D eigenvalue weighted by atomic mass is 10.1. The normalized spacial score (nSPS) is 21.8. The molecule has 1 atom stereocenters. The predicted octanol–water partition coefficient (Wildman–Crippen LogP) is 1.45. The fourth-order valence-corrected chi connectivity index (χ4v) is 2.98. The zero-order chi connectivity index (χ0) is 14.7. The molecule has 1 saturated heterocycles. The van der Waals surface area contributed by atoms with Crippen molar-refractivity contribution in [2.24, 2.45) is 5.92 Å². The number of aromatic nitrogens is 1. The van der Waals surface area contributed by atoms with Gasteiger partial charge in [-0.15, -0.1) is 6.58 Å². The Morgan fingerprint density at radius 1 is 1.52 bits per heavy atom. The molecule has 2 aliphatic heterocycles. The van der Waals surface area contributed by atoms with Crippen LogP contribution in [0.1, 0.15) is 12.0 Å². The molecule has 0 aromatic carbocycles. The van der Waals surface area contributed by atoms with Crippen molar-refractivity contribution in [1.29, 1.82) is 0 Å². The molecule has 1 fully saturated rings. The molecule has 3 heterocycles. The summed E-state index contributed by atoms with van der Waals surface area (Å²) in [5, 5.41) is 0. The van der Waals surface area contributed by atoms with Gasteiger partial charge in [0.1, 0.15) is 5.82 Å². The van der Waals surface area contributed by atoms with Crippen molar-refractivity contribution < 1.29 is 9.53 Å². The van der Waals surface area contributed by atoms with Crippen LogP contribution in [0.4, 0.5) is 5.82 Å². The van der Waals surface area contributed by atoms with Gasteiger partial charge >= 0.3 is 0 Å². The third-order valence-electron chi connectivity index (χ3n) is 4.11. The van der Waals surface area contributed by atoms with Gasteiger partial charge in [0.2, 0.25) is 5.91 Å². The fraction of sp³-hybridized carbons (Fsp3) is 0.500. The highest BCUT2D eigenvalue weighted by molar-refractivity contribution is 5.79. The third-order valence-corrected chi connectivity index (χ3v) is 4.11. The van der Waals surface area contributed by atoms with Crippen LogP contribution < -0.4 is 4.90 Å². The van der Waals surface area contributed by atoms with Gasteiger partial charge in [0.25, 0.3) is 0 Å². The molecule has 1 aromatic heterocycles. The summed E-state index contributed by atoms with van der Waals surface area (Å²) >= 11 is 0. The number of amides is 1. The summed E-state index contributed by atoms with van der Waals surface area (Å²) < 4.78 is 5.35. The Morgan fingerprint density at radius 2 is 2.43 bits per heavy atom. The minimum Gasteiger partial charge on any atom is -0.381 e. The number of anilines is 1. The van der Waals surface area contributed by atoms with Crippen LogP contribution in [-0.2, 0) is 16.1 Å². The van der Waals surface area contributed by atoms with Crippen LogP contribution >= 0.6 is 0 Å². The number of hydrogen-bond donors (Lipinski definition) is 0. The van der Waals surface area contributed by atoms with Crippen molar-refractivity contribution in [1.82, 2.24) is 9.88 Å². The first-order chi connectivity index (χ1) is 10.3. The maximum absolute atomic E-state index is 12.6. The second-order valence-electron chi connectivity index (χ2n) is 5.54. The van der Waals surface area contributed by atoms with E-state index in [-0.39, 0.29) is 11.8 Å². The summed E-state index contributed by atoms with van der Waals surface area (Å²) in [5.74, 6) is 1.20. The summed E-state index contributed by atoms with van der Waals surface area (Å²) in [4.78, 5) is 21.2. The number of fused-ring (bicyclic) bond motifs is 1. The van der Waals surface area contributed by atoms with Gasteiger partial charge in [-0.1, -0.05) is 12.1 Å². The van der Waals surface area contributed by atoms with Gasteiger partial charge in [-0.3, -0.25) is 4.79 Å². The van der Waals surface area contributed by atoms with E-state index in [1.54, 1.807) is 6.20 Å². The molecule has 0 N–H and O–H groups in total. The van der Waals surface area contributed by atoms with Crippen molar-refractivity contribution in [3.63, 3.8) is 0 Å². The summed E-state index contributed by atoms with van der Waals surface area (Å²) in [7, 11) is 0. The van der Waals surface area contributed by atoms with Crippen LogP contribution in [-0.4, -0.2) is 48.6 Å². The number of ether oxygens (including phenoxy) is 1. The molecule has 112 valence electrons. The Labute approximate surface area is 125 Å². The lowest BCUT2D eigenvalue weighted by Crippen LogP contribution is -2.39. The number of carbonyl (C=O) groups is 1. The SMILES string of the molecule is C=CCN1CCN(C(=O)[C@@H]2CCOC2)Cc2cccnc21. The second kappa shape index (κ2) is 6.26. The average molecular weight is 287 g/mol. The fourth-order valence-electron chi connectivity index (χ4n) is 2.98. The summed E-state index contributed by atoms with van der Waals surface area (Å²) in [6.07, 6.45) is 4.52. The maximum atomic E-state index is 12.6. The topological polar surface area (TPSA) is 45.7 Å². The van der Waals surface area contributed by atoms with E-state index in [4.69, 9.17) is 4.74 Å². The molecule has 1 aromatic rings. The molecule has 0 radical (unpaired) electrons. The van der Waals surface area contributed by atoms with Crippen LogP contribution in [0, 0.1) is 5.92 Å². The number of pyridine rings is 1. The quantitative estimate of drug-likeness (QED) is 0.790. The largest absolute Gasteiger partial charge is 0.381 e. The van der Waals surface area contributed by atoms with Crippen molar-refractivity contribution in [2.45, 2.75) is 13.0 Å². The van der Waals surface area contributed by atoms with E-state index < -0.39 is 0 Å². The van der Waals surface area contributed by atoms with Crippen LogP contribution in [0.2, 0.25) is 0 Å². The first-order valence-corrected chi connectivity index (χ1v) is 7.46. The van der Waals surface area contributed by atoms with E-state index in [1.165, 1.54) is 0 Å². The van der Waals surface area contributed by atoms with Crippen molar-refractivity contribution in [3.8, 4) is 0 Å². The number of rotatable bonds is 3. The zero-order valence-electron chi connectivity index (χ0n) is 12.2. The molecular formula is C16H21N3O2. The lowest BCUT2D eigenvalue weighted by molar-refractivity contribution is -0.135. The Morgan fingerprint density at radius 3 is 3.19 bits per heavy atom. The number of carbonyl (C=O) groups excluding carboxylic acids is 1. The average Bonchev–Trinajstić information content (AvgIpc) is 2.98. The number of hydrogen-bond acceptors (Lipinski definition) is 4. The van der Waals surface area contributed by atoms with E-state index in [1.807, 2.05) is 17.0 Å². The highest BCUT2D eigenvalue weighted by Gasteiger charge is 2.30. The van der Waals surface area contributed by atoms with Gasteiger partial charge in [-0.05, 0) is 12.5 Å². The molecule has 5 nitrogen and oxygen atoms in total. The standard InChI is InChI=1S/C16H21N3O2/c1-2-7-18-8-9-19(16(20)14-5-10-21-12-14)11-13-4-3-6-17-15(13)18/h2-4,6,14H,1,5,7-12H2/t14-/m1/s1. The van der Waals surface area contributed by atoms with E-state index in [2.05, 4.69) is 22.5 Å². The third kappa shape index (κ3) is 2.93. The molecule has 5 heteroatoms. The second-order valence-corrected chi connectivity index (χ2v) is 5.54. The summed E-state index contributed by atoms with van der Waals surface area (Å²) in [6, 6.07) is 3.98. The zero-order valence-corrected chi connectivity index (χ0v) is 12.2. The van der Waals surface area contributed by atoms with Gasteiger partial charge in [-0.2, -0.15) is 0 Å². The van der Waals surface area contributed by atoms with Crippen molar-refractivity contribution in [2.75, 3.05) is 37.7 Å². The van der Waals surface area contributed by atoms with Gasteiger partial charge < -0.3 is 14.5 Å². The Hall–Kier alpha value is -1.88. The smallest absolute Gasteiger partial charge is 0.228 e. The van der Waals surface area contributed by atoms with Crippen molar-refractivity contribution in [3.05, 3.63) is 36.5 Å². The molecular weight excluding hydrogens is 266 g/mol. The molecule has 0 saturated carbocycles. The molecule has 0 aliphatic carbocycles. The molecule has 1 amide bonds. The van der Waals surface area contributed by atoms with Gasteiger partial charge in [0, 0.05) is 44.5 Å². The van der Waals surface area contributed by atoms with Crippen LogP contribution in [0.3, 0.4) is 0 Å². The molecule has 0 spiro atoms. The van der Waals surface area contributed by atoms with Crippen LogP contribution in [0.5, 0.6) is 0 Å². The summed E-state index contributed by atoms with van der Waals surface area (Å²) in [6.45, 7) is 7.96. The van der Waals surface area contributed by atoms with Crippen LogP contribution in [0.15, 0.2) is 31.0 Å². The minimum atomic E-state index is 0.0241. The molecule has 0 unspecified atom stereocenters. The monoisotopic (exact) mass is 287 g/mol. The molecule has 2 aliphatic rings. The minimum absolute atomic E-state index is 0.0241. The van der Waals surface area contributed by atoms with E-state index in [9.17, 15) is 4.79 Å². The Balaban J connectivity index is 1.81. The Bertz CT molecular complexity index is 526. The lowest BCUT2D eigenvalue weighted by Gasteiger charge is -2.24. The summed E-state index contributed by atoms with van der Waals surface area (Å²) in [5.41, 5.74) is 1.10.